The van der Waals surface area contributed by atoms with Crippen LogP contribution in [0.3, 0.4) is 0 Å². The number of benzene rings is 1. The molecule has 2 amide bonds. The molecule has 0 atom stereocenters. The minimum Gasteiger partial charge on any atom is -0.456 e. The third kappa shape index (κ3) is 6.87. The molecular formula is C24H27F3N2O3. The van der Waals surface area contributed by atoms with Gasteiger partial charge in [-0.05, 0) is 37.6 Å². The summed E-state index contributed by atoms with van der Waals surface area (Å²) in [6, 6.07) is 6.56. The van der Waals surface area contributed by atoms with Gasteiger partial charge in [-0.25, -0.2) is 0 Å². The minimum atomic E-state index is -4.47. The molecule has 8 heteroatoms. The number of allylic oxidation sites excluding steroid dienone is 4. The maximum Gasteiger partial charge on any atom is 0.416 e. The fraction of sp³-hybridized carbons (Fsp3) is 0.333. The van der Waals surface area contributed by atoms with Gasteiger partial charge in [0.25, 0.3) is 5.91 Å². The van der Waals surface area contributed by atoms with Crippen LogP contribution in [0.25, 0.3) is 0 Å². The number of anilines is 1. The number of para-hydroxylation sites is 2. The van der Waals surface area contributed by atoms with Gasteiger partial charge >= 0.3 is 6.18 Å². The van der Waals surface area contributed by atoms with Crippen LogP contribution < -0.4 is 10.1 Å². The molecular weight excluding hydrogens is 421 g/mol. The Morgan fingerprint density at radius 3 is 2.47 bits per heavy atom. The number of nitrogens with zero attached hydrogens (tertiary/aromatic N) is 1. The molecule has 0 aliphatic carbocycles. The van der Waals surface area contributed by atoms with Gasteiger partial charge in [0.2, 0.25) is 5.91 Å². The molecule has 1 N–H and O–H groups in total. The molecule has 1 heterocycles. The standard InChI is InChI=1S/C24H27F3N2O3/c1-5-19(24(25,26)27)11-10-17(4)32-21-9-7-6-8-20(21)28-22(30)18-12-14-29(15-13-18)23(31)16(2)3/h5-12,16H,4,13-15H2,1-3H3,(H,28,30)/b11-10-,19-5+. The molecule has 0 saturated carbocycles. The van der Waals surface area contributed by atoms with Crippen LogP contribution in [0.4, 0.5) is 18.9 Å². The lowest BCUT2D eigenvalue weighted by Gasteiger charge is -2.27. The lowest BCUT2D eigenvalue weighted by Crippen LogP contribution is -2.38. The van der Waals surface area contributed by atoms with Crippen LogP contribution in [0.2, 0.25) is 0 Å². The summed E-state index contributed by atoms with van der Waals surface area (Å²) in [6.07, 6.45) is 0.616. The largest absolute Gasteiger partial charge is 0.456 e. The topological polar surface area (TPSA) is 58.6 Å². The van der Waals surface area contributed by atoms with Gasteiger partial charge in [-0.3, -0.25) is 9.59 Å². The van der Waals surface area contributed by atoms with Crippen LogP contribution in [0.15, 0.2) is 72.1 Å². The fourth-order valence-corrected chi connectivity index (χ4v) is 3.01. The summed E-state index contributed by atoms with van der Waals surface area (Å²) in [5, 5.41) is 2.76. The summed E-state index contributed by atoms with van der Waals surface area (Å²) < 4.78 is 44.0. The number of carbonyl (C=O) groups excluding carboxylic acids is 2. The number of alkyl halides is 3. The van der Waals surface area contributed by atoms with Gasteiger partial charge in [-0.2, -0.15) is 13.2 Å². The fourth-order valence-electron chi connectivity index (χ4n) is 3.01. The van der Waals surface area contributed by atoms with Crippen molar-refractivity contribution in [2.75, 3.05) is 18.4 Å². The predicted octanol–water partition coefficient (Wildman–Crippen LogP) is 5.40. The van der Waals surface area contributed by atoms with Crippen LogP contribution >= 0.6 is 0 Å². The minimum absolute atomic E-state index is 0.0185. The van der Waals surface area contributed by atoms with E-state index in [0.717, 1.165) is 18.2 Å². The molecule has 1 aliphatic heterocycles. The van der Waals surface area contributed by atoms with Crippen molar-refractivity contribution in [1.29, 1.82) is 0 Å². The Bertz CT molecular complexity index is 959. The van der Waals surface area contributed by atoms with E-state index in [9.17, 15) is 22.8 Å². The van der Waals surface area contributed by atoms with Gasteiger partial charge in [-0.15, -0.1) is 0 Å². The van der Waals surface area contributed by atoms with Crippen molar-refractivity contribution in [3.63, 3.8) is 0 Å². The number of amides is 2. The summed E-state index contributed by atoms with van der Waals surface area (Å²) in [5.41, 5.74) is 0.0861. The van der Waals surface area contributed by atoms with Gasteiger partial charge in [0, 0.05) is 24.6 Å². The van der Waals surface area contributed by atoms with Crippen molar-refractivity contribution in [2.45, 2.75) is 33.4 Å². The van der Waals surface area contributed by atoms with Crippen molar-refractivity contribution < 1.29 is 27.5 Å². The van der Waals surface area contributed by atoms with E-state index in [0.29, 0.717) is 30.8 Å². The van der Waals surface area contributed by atoms with E-state index in [1.165, 1.54) is 6.92 Å². The Morgan fingerprint density at radius 1 is 1.22 bits per heavy atom. The van der Waals surface area contributed by atoms with Crippen LogP contribution in [-0.4, -0.2) is 36.0 Å². The van der Waals surface area contributed by atoms with Crippen LogP contribution in [0.5, 0.6) is 5.75 Å². The monoisotopic (exact) mass is 448 g/mol. The Labute approximate surface area is 185 Å². The molecule has 1 aromatic rings. The van der Waals surface area contributed by atoms with E-state index in [2.05, 4.69) is 11.9 Å². The average Bonchev–Trinajstić information content (AvgIpc) is 2.74. The van der Waals surface area contributed by atoms with Crippen LogP contribution in [0.1, 0.15) is 27.2 Å². The molecule has 0 saturated heterocycles. The number of hydrogen-bond donors (Lipinski definition) is 1. The molecule has 0 radical (unpaired) electrons. The first kappa shape index (κ1) is 25.0. The smallest absolute Gasteiger partial charge is 0.416 e. The maximum absolute atomic E-state index is 12.8. The van der Waals surface area contributed by atoms with Crippen molar-refractivity contribution in [1.82, 2.24) is 4.90 Å². The summed E-state index contributed by atoms with van der Waals surface area (Å²) in [7, 11) is 0. The van der Waals surface area contributed by atoms with Crippen LogP contribution in [0, 0.1) is 5.92 Å². The second-order valence-corrected chi connectivity index (χ2v) is 7.51. The molecule has 1 aromatic carbocycles. The van der Waals surface area contributed by atoms with E-state index in [-0.39, 0.29) is 29.2 Å². The van der Waals surface area contributed by atoms with Crippen molar-refractivity contribution in [3.8, 4) is 5.75 Å². The van der Waals surface area contributed by atoms with Gasteiger partial charge in [0.05, 0.1) is 11.3 Å². The van der Waals surface area contributed by atoms with Crippen molar-refractivity contribution in [2.24, 2.45) is 5.92 Å². The van der Waals surface area contributed by atoms with Gasteiger partial charge in [-0.1, -0.05) is 44.7 Å². The first-order valence-corrected chi connectivity index (χ1v) is 10.2. The van der Waals surface area contributed by atoms with Crippen LogP contribution in [-0.2, 0) is 9.59 Å². The Morgan fingerprint density at radius 2 is 1.91 bits per heavy atom. The molecule has 2 rings (SSSR count). The van der Waals surface area contributed by atoms with E-state index in [1.54, 1.807) is 35.2 Å². The predicted molar refractivity (Wildman–Crippen MR) is 118 cm³/mol. The molecule has 1 aliphatic rings. The Kier molecular flexibility index (Phi) is 8.46. The quantitative estimate of drug-likeness (QED) is 0.449. The first-order chi connectivity index (χ1) is 15.0. The zero-order valence-electron chi connectivity index (χ0n) is 18.3. The highest BCUT2D eigenvalue weighted by Crippen LogP contribution is 2.29. The molecule has 0 fully saturated rings. The summed E-state index contributed by atoms with van der Waals surface area (Å²) in [5.74, 6) is -0.165. The third-order valence-corrected chi connectivity index (χ3v) is 4.77. The van der Waals surface area contributed by atoms with Crippen molar-refractivity contribution >= 4 is 17.5 Å². The van der Waals surface area contributed by atoms with Gasteiger partial charge in [0.1, 0.15) is 5.76 Å². The highest BCUT2D eigenvalue weighted by molar-refractivity contribution is 6.04. The molecule has 0 bridgehead atoms. The average molecular weight is 448 g/mol. The van der Waals surface area contributed by atoms with E-state index in [4.69, 9.17) is 4.74 Å². The molecule has 0 unspecified atom stereocenters. The zero-order chi connectivity index (χ0) is 23.9. The van der Waals surface area contributed by atoms with E-state index < -0.39 is 11.7 Å². The second kappa shape index (κ2) is 10.8. The third-order valence-electron chi connectivity index (χ3n) is 4.77. The number of hydrogen-bond acceptors (Lipinski definition) is 3. The molecule has 5 nitrogen and oxygen atoms in total. The van der Waals surface area contributed by atoms with Gasteiger partial charge in [0.15, 0.2) is 5.75 Å². The summed E-state index contributed by atoms with van der Waals surface area (Å²) in [4.78, 5) is 26.5. The molecule has 0 spiro atoms. The second-order valence-electron chi connectivity index (χ2n) is 7.51. The SMILES string of the molecule is C=C(/C=C\C(=C/C)C(F)(F)F)Oc1ccccc1NC(=O)C1=CCN(C(=O)C(C)C)CC1. The molecule has 0 aromatic heterocycles. The lowest BCUT2D eigenvalue weighted by molar-refractivity contribution is -0.134. The lowest BCUT2D eigenvalue weighted by atomic mass is 10.1. The number of nitrogens with one attached hydrogen (secondary N) is 1. The van der Waals surface area contributed by atoms with E-state index >= 15 is 0 Å². The Hall–Kier alpha value is -3.29. The first-order valence-electron chi connectivity index (χ1n) is 10.2. The van der Waals surface area contributed by atoms with Gasteiger partial charge < -0.3 is 15.0 Å². The Balaban J connectivity index is 2.05. The van der Waals surface area contributed by atoms with Crippen molar-refractivity contribution in [3.05, 3.63) is 72.1 Å². The number of ether oxygens (including phenoxy) is 1. The number of rotatable bonds is 7. The summed E-state index contributed by atoms with van der Waals surface area (Å²) in [6.45, 7) is 9.40. The zero-order valence-corrected chi connectivity index (χ0v) is 18.3. The molecule has 172 valence electrons. The molecule has 32 heavy (non-hydrogen) atoms. The maximum atomic E-state index is 12.8. The highest BCUT2D eigenvalue weighted by Gasteiger charge is 2.31. The summed E-state index contributed by atoms with van der Waals surface area (Å²) >= 11 is 0. The number of halogens is 3. The number of carbonyl (C=O) groups is 2. The normalized spacial score (nSPS) is 15.0. The van der Waals surface area contributed by atoms with E-state index in [1.807, 2.05) is 13.8 Å². The highest BCUT2D eigenvalue weighted by atomic mass is 19.4.